The van der Waals surface area contributed by atoms with E-state index in [1.165, 1.54) is 0 Å². The molecule has 2 rings (SSSR count). The maximum Gasteiger partial charge on any atom is 0.212 e. The normalized spacial score (nSPS) is 11.7. The molecule has 1 aromatic carbocycles. The molecule has 0 unspecified atom stereocenters. The van der Waals surface area contributed by atoms with Crippen molar-refractivity contribution < 1.29 is 5.11 Å². The first-order valence-electron chi connectivity index (χ1n) is 5.73. The van der Waals surface area contributed by atoms with E-state index in [-0.39, 0.29) is 12.0 Å². The fourth-order valence-corrected chi connectivity index (χ4v) is 2.33. The second kappa shape index (κ2) is 4.75. The van der Waals surface area contributed by atoms with E-state index in [4.69, 9.17) is 6.57 Å². The van der Waals surface area contributed by atoms with Crippen molar-refractivity contribution in [2.24, 2.45) is 5.41 Å². The molecule has 0 amide bonds. The van der Waals surface area contributed by atoms with Gasteiger partial charge in [-0.05, 0) is 12.1 Å². The molecule has 0 aliphatic heterocycles. The number of nitrogens with zero attached hydrogens (tertiary/aromatic N) is 2. The van der Waals surface area contributed by atoms with E-state index in [0.29, 0.717) is 12.2 Å². The fourth-order valence-electron chi connectivity index (χ4n) is 1.98. The van der Waals surface area contributed by atoms with Gasteiger partial charge in [-0.2, -0.15) is 0 Å². The number of hydrogen-bond acceptors (Lipinski definition) is 1. The van der Waals surface area contributed by atoms with Crippen molar-refractivity contribution in [3.05, 3.63) is 40.3 Å². The summed E-state index contributed by atoms with van der Waals surface area (Å²) in [4.78, 5) is 3.56. The molecule has 1 N–H and O–H groups in total. The predicted octanol–water partition coefficient (Wildman–Crippen LogP) is 3.97. The van der Waals surface area contributed by atoms with Crippen molar-refractivity contribution in [1.29, 1.82) is 0 Å². The molecule has 18 heavy (non-hydrogen) atoms. The standard InChI is InChI=1S/C14H15BrN2O/c1-14(2,9-18)8-17-7-12(16-3)11-5-4-10(15)6-13(11)17/h4-7,18H,8-9H2,1-2H3. The van der Waals surface area contributed by atoms with Crippen LogP contribution in [0.5, 0.6) is 0 Å². The number of benzene rings is 1. The zero-order valence-corrected chi connectivity index (χ0v) is 12.0. The maximum absolute atomic E-state index is 9.36. The number of aliphatic hydroxyl groups is 1. The van der Waals surface area contributed by atoms with Crippen LogP contribution in [0.1, 0.15) is 13.8 Å². The first kappa shape index (κ1) is 13.1. The lowest BCUT2D eigenvalue weighted by molar-refractivity contribution is 0.142. The minimum Gasteiger partial charge on any atom is -0.396 e. The highest BCUT2D eigenvalue weighted by Gasteiger charge is 2.19. The second-order valence-corrected chi connectivity index (χ2v) is 6.15. The van der Waals surface area contributed by atoms with Crippen LogP contribution in [0.4, 0.5) is 5.69 Å². The molecule has 94 valence electrons. The van der Waals surface area contributed by atoms with Crippen LogP contribution in [0.25, 0.3) is 15.7 Å². The van der Waals surface area contributed by atoms with E-state index in [9.17, 15) is 5.11 Å². The summed E-state index contributed by atoms with van der Waals surface area (Å²) >= 11 is 3.45. The summed E-state index contributed by atoms with van der Waals surface area (Å²) in [5.41, 5.74) is 1.48. The molecular formula is C14H15BrN2O. The predicted molar refractivity (Wildman–Crippen MR) is 76.8 cm³/mol. The Morgan fingerprint density at radius 1 is 1.44 bits per heavy atom. The summed E-state index contributed by atoms with van der Waals surface area (Å²) in [5.74, 6) is 0. The van der Waals surface area contributed by atoms with Gasteiger partial charge in [0, 0.05) is 40.1 Å². The average Bonchev–Trinajstić information content (AvgIpc) is 2.66. The summed E-state index contributed by atoms with van der Waals surface area (Å²) in [6.45, 7) is 12.0. The van der Waals surface area contributed by atoms with Gasteiger partial charge in [-0.1, -0.05) is 35.8 Å². The Bertz CT molecular complexity index is 622. The lowest BCUT2D eigenvalue weighted by Gasteiger charge is -2.23. The first-order valence-corrected chi connectivity index (χ1v) is 6.53. The summed E-state index contributed by atoms with van der Waals surface area (Å²) in [6, 6.07) is 5.91. The Kier molecular flexibility index (Phi) is 3.47. The largest absolute Gasteiger partial charge is 0.396 e. The molecule has 0 spiro atoms. The van der Waals surface area contributed by atoms with Crippen LogP contribution in [0.15, 0.2) is 28.9 Å². The number of aliphatic hydroxyl groups excluding tert-OH is 1. The van der Waals surface area contributed by atoms with Gasteiger partial charge in [0.05, 0.1) is 6.57 Å². The van der Waals surface area contributed by atoms with Gasteiger partial charge in [-0.25, -0.2) is 4.85 Å². The molecule has 0 bridgehead atoms. The van der Waals surface area contributed by atoms with Gasteiger partial charge in [0.15, 0.2) is 0 Å². The summed E-state index contributed by atoms with van der Waals surface area (Å²) < 4.78 is 3.04. The Hall–Kier alpha value is -1.31. The third-order valence-electron chi connectivity index (χ3n) is 2.97. The third-order valence-corrected chi connectivity index (χ3v) is 3.46. The second-order valence-electron chi connectivity index (χ2n) is 5.24. The Morgan fingerprint density at radius 2 is 2.17 bits per heavy atom. The summed E-state index contributed by atoms with van der Waals surface area (Å²) in [7, 11) is 0. The van der Waals surface area contributed by atoms with Gasteiger partial charge in [-0.15, -0.1) is 0 Å². The molecule has 0 fully saturated rings. The van der Waals surface area contributed by atoms with E-state index in [1.807, 2.05) is 42.8 Å². The van der Waals surface area contributed by atoms with Crippen LogP contribution in [0.2, 0.25) is 0 Å². The molecule has 1 heterocycles. The fraction of sp³-hybridized carbons (Fsp3) is 0.357. The zero-order valence-electron chi connectivity index (χ0n) is 10.4. The highest BCUT2D eigenvalue weighted by molar-refractivity contribution is 9.10. The maximum atomic E-state index is 9.36. The van der Waals surface area contributed by atoms with Crippen LogP contribution in [-0.2, 0) is 6.54 Å². The van der Waals surface area contributed by atoms with E-state index in [0.717, 1.165) is 15.4 Å². The minimum absolute atomic E-state index is 0.119. The molecule has 3 nitrogen and oxygen atoms in total. The highest BCUT2D eigenvalue weighted by Crippen LogP contribution is 2.32. The topological polar surface area (TPSA) is 29.5 Å². The van der Waals surface area contributed by atoms with E-state index in [1.54, 1.807) is 0 Å². The zero-order chi connectivity index (χ0) is 13.3. The number of halogens is 1. The van der Waals surface area contributed by atoms with Crippen molar-refractivity contribution in [2.45, 2.75) is 20.4 Å². The van der Waals surface area contributed by atoms with Gasteiger partial charge < -0.3 is 9.67 Å². The van der Waals surface area contributed by atoms with Gasteiger partial charge >= 0.3 is 0 Å². The molecule has 0 aliphatic carbocycles. The Labute approximate surface area is 115 Å². The number of rotatable bonds is 3. The summed E-state index contributed by atoms with van der Waals surface area (Å²) in [6.07, 6.45) is 1.86. The number of hydrogen-bond donors (Lipinski definition) is 1. The molecule has 4 heteroatoms. The lowest BCUT2D eigenvalue weighted by Crippen LogP contribution is -2.23. The molecule has 0 atom stereocenters. The lowest BCUT2D eigenvalue weighted by atomic mass is 9.95. The van der Waals surface area contributed by atoms with E-state index in [2.05, 4.69) is 20.8 Å². The molecular weight excluding hydrogens is 292 g/mol. The van der Waals surface area contributed by atoms with Crippen molar-refractivity contribution in [3.63, 3.8) is 0 Å². The Balaban J connectivity index is 2.58. The van der Waals surface area contributed by atoms with Crippen molar-refractivity contribution >= 4 is 32.5 Å². The van der Waals surface area contributed by atoms with Crippen molar-refractivity contribution in [3.8, 4) is 0 Å². The van der Waals surface area contributed by atoms with Crippen LogP contribution in [-0.4, -0.2) is 16.3 Å². The van der Waals surface area contributed by atoms with Crippen LogP contribution in [0, 0.1) is 12.0 Å². The molecule has 0 saturated heterocycles. The highest BCUT2D eigenvalue weighted by atomic mass is 79.9. The van der Waals surface area contributed by atoms with Crippen LogP contribution in [0.3, 0.4) is 0 Å². The van der Waals surface area contributed by atoms with E-state index >= 15 is 0 Å². The molecule has 1 aromatic heterocycles. The number of aromatic nitrogens is 1. The average molecular weight is 307 g/mol. The Morgan fingerprint density at radius 3 is 2.78 bits per heavy atom. The number of fused-ring (bicyclic) bond motifs is 1. The SMILES string of the molecule is [C-]#[N+]c1cn(CC(C)(C)CO)c2cc(Br)ccc12. The van der Waals surface area contributed by atoms with Gasteiger partial charge in [0.2, 0.25) is 5.69 Å². The molecule has 0 aliphatic rings. The first-order chi connectivity index (χ1) is 8.46. The van der Waals surface area contributed by atoms with E-state index < -0.39 is 0 Å². The monoisotopic (exact) mass is 306 g/mol. The summed E-state index contributed by atoms with van der Waals surface area (Å²) in [5, 5.41) is 10.3. The van der Waals surface area contributed by atoms with Gasteiger partial charge in [-0.3, -0.25) is 0 Å². The van der Waals surface area contributed by atoms with Gasteiger partial charge in [0.1, 0.15) is 0 Å². The minimum atomic E-state index is -0.201. The van der Waals surface area contributed by atoms with Crippen molar-refractivity contribution in [2.75, 3.05) is 6.61 Å². The quantitative estimate of drug-likeness (QED) is 0.854. The van der Waals surface area contributed by atoms with Gasteiger partial charge in [0.25, 0.3) is 0 Å². The molecule has 0 radical (unpaired) electrons. The third kappa shape index (κ3) is 2.43. The molecule has 0 saturated carbocycles. The van der Waals surface area contributed by atoms with Crippen molar-refractivity contribution in [1.82, 2.24) is 4.57 Å². The molecule has 2 aromatic rings. The smallest absolute Gasteiger partial charge is 0.212 e. The van der Waals surface area contributed by atoms with Crippen LogP contribution < -0.4 is 0 Å². The van der Waals surface area contributed by atoms with Crippen LogP contribution >= 0.6 is 15.9 Å².